The van der Waals surface area contributed by atoms with Crippen LogP contribution in [0, 0.1) is 0 Å². The molecule has 0 atom stereocenters. The smallest absolute Gasteiger partial charge is 0.230 e. The summed E-state index contributed by atoms with van der Waals surface area (Å²) >= 11 is 0. The molecule has 2 aromatic heterocycles. The first-order valence-corrected chi connectivity index (χ1v) is 9.60. The predicted molar refractivity (Wildman–Crippen MR) is 116 cm³/mol. The Morgan fingerprint density at radius 1 is 0.900 bits per heavy atom. The summed E-state index contributed by atoms with van der Waals surface area (Å²) in [5, 5.41) is 2.97. The number of amides is 1. The van der Waals surface area contributed by atoms with E-state index in [0.29, 0.717) is 23.1 Å². The summed E-state index contributed by atoms with van der Waals surface area (Å²) in [7, 11) is 0. The fraction of sp³-hybridized carbons (Fsp3) is 0.0417. The lowest BCUT2D eigenvalue weighted by molar-refractivity contribution is -0.115. The van der Waals surface area contributed by atoms with Crippen molar-refractivity contribution in [2.45, 2.75) is 6.42 Å². The number of para-hydroxylation sites is 3. The van der Waals surface area contributed by atoms with Gasteiger partial charge in [0.05, 0.1) is 28.8 Å². The number of fused-ring (bicyclic) bond motifs is 1. The van der Waals surface area contributed by atoms with Crippen LogP contribution >= 0.6 is 0 Å². The van der Waals surface area contributed by atoms with Gasteiger partial charge in [-0.1, -0.05) is 42.5 Å². The van der Waals surface area contributed by atoms with E-state index in [1.807, 2.05) is 78.9 Å². The molecule has 0 spiro atoms. The van der Waals surface area contributed by atoms with Gasteiger partial charge >= 0.3 is 0 Å². The van der Waals surface area contributed by atoms with Crippen LogP contribution in [-0.2, 0) is 11.2 Å². The Labute approximate surface area is 172 Å². The molecule has 2 N–H and O–H groups in total. The lowest BCUT2D eigenvalue weighted by atomic mass is 10.1. The second-order valence-electron chi connectivity index (χ2n) is 6.88. The minimum Gasteiger partial charge on any atom is -0.444 e. The zero-order chi connectivity index (χ0) is 20.3. The third-order valence-corrected chi connectivity index (χ3v) is 4.76. The summed E-state index contributed by atoms with van der Waals surface area (Å²) in [5.74, 6) is 1.03. The number of nitrogens with zero attached hydrogens (tertiary/aromatic N) is 2. The molecule has 146 valence electrons. The SMILES string of the molecule is O=C(Cc1coc(-c2ccccc2)n1)Nc1ccccc1-c1nc2ccccc2[nH]1. The fourth-order valence-electron chi connectivity index (χ4n) is 3.34. The Kier molecular flexibility index (Phi) is 4.57. The number of anilines is 1. The maximum absolute atomic E-state index is 12.7. The maximum Gasteiger partial charge on any atom is 0.230 e. The van der Waals surface area contributed by atoms with Crippen molar-refractivity contribution in [3.8, 4) is 22.8 Å². The Balaban J connectivity index is 1.35. The van der Waals surface area contributed by atoms with Crippen molar-refractivity contribution in [2.24, 2.45) is 0 Å². The van der Waals surface area contributed by atoms with Gasteiger partial charge in [0.1, 0.15) is 12.1 Å². The summed E-state index contributed by atoms with van der Waals surface area (Å²) in [6.45, 7) is 0. The lowest BCUT2D eigenvalue weighted by Gasteiger charge is -2.08. The van der Waals surface area contributed by atoms with Crippen molar-refractivity contribution in [2.75, 3.05) is 5.32 Å². The fourth-order valence-corrected chi connectivity index (χ4v) is 3.34. The molecule has 5 rings (SSSR count). The molecule has 0 fully saturated rings. The highest BCUT2D eigenvalue weighted by Gasteiger charge is 2.14. The Hall–Kier alpha value is -4.19. The van der Waals surface area contributed by atoms with Gasteiger partial charge in [-0.15, -0.1) is 0 Å². The number of carbonyl (C=O) groups is 1. The quantitative estimate of drug-likeness (QED) is 0.436. The Bertz CT molecular complexity index is 1290. The third kappa shape index (κ3) is 3.58. The summed E-state index contributed by atoms with van der Waals surface area (Å²) in [6.07, 6.45) is 1.64. The molecule has 6 nitrogen and oxygen atoms in total. The number of benzene rings is 3. The van der Waals surface area contributed by atoms with Crippen LogP contribution in [0.15, 0.2) is 89.5 Å². The molecule has 0 unspecified atom stereocenters. The first-order valence-electron chi connectivity index (χ1n) is 9.60. The number of hydrogen-bond acceptors (Lipinski definition) is 4. The molecule has 0 aliphatic heterocycles. The van der Waals surface area contributed by atoms with Crippen molar-refractivity contribution < 1.29 is 9.21 Å². The maximum atomic E-state index is 12.7. The predicted octanol–water partition coefficient (Wildman–Crippen LogP) is 5.07. The third-order valence-electron chi connectivity index (χ3n) is 4.76. The van der Waals surface area contributed by atoms with Gasteiger partial charge in [-0.05, 0) is 36.4 Å². The Morgan fingerprint density at radius 3 is 2.53 bits per heavy atom. The average Bonchev–Trinajstić information content (AvgIpc) is 3.41. The normalized spacial score (nSPS) is 10.9. The highest BCUT2D eigenvalue weighted by molar-refractivity contribution is 5.96. The van der Waals surface area contributed by atoms with E-state index in [-0.39, 0.29) is 12.3 Å². The van der Waals surface area contributed by atoms with Crippen molar-refractivity contribution in [3.05, 3.63) is 90.8 Å². The number of rotatable bonds is 5. The van der Waals surface area contributed by atoms with Gasteiger partial charge in [0, 0.05) is 11.1 Å². The van der Waals surface area contributed by atoms with Crippen molar-refractivity contribution in [3.63, 3.8) is 0 Å². The lowest BCUT2D eigenvalue weighted by Crippen LogP contribution is -2.15. The first-order chi connectivity index (χ1) is 14.8. The molecule has 0 saturated carbocycles. The standard InChI is InChI=1S/C24H18N4O2/c29-22(14-17-15-30-24(25-17)16-8-2-1-3-9-16)26-19-11-5-4-10-18(19)23-27-20-12-6-7-13-21(20)28-23/h1-13,15H,14H2,(H,26,29)(H,27,28). The van der Waals surface area contributed by atoms with Gasteiger partial charge in [0.15, 0.2) is 0 Å². The van der Waals surface area contributed by atoms with E-state index >= 15 is 0 Å². The van der Waals surface area contributed by atoms with Gasteiger partial charge in [-0.2, -0.15) is 0 Å². The van der Waals surface area contributed by atoms with Crippen LogP contribution in [0.3, 0.4) is 0 Å². The van der Waals surface area contributed by atoms with E-state index in [1.165, 1.54) is 6.26 Å². The molecule has 0 aliphatic rings. The van der Waals surface area contributed by atoms with E-state index in [9.17, 15) is 4.79 Å². The van der Waals surface area contributed by atoms with E-state index in [4.69, 9.17) is 4.42 Å². The summed E-state index contributed by atoms with van der Waals surface area (Å²) < 4.78 is 5.52. The molecule has 3 aromatic carbocycles. The van der Waals surface area contributed by atoms with Crippen LogP contribution in [0.4, 0.5) is 5.69 Å². The second-order valence-corrected chi connectivity index (χ2v) is 6.88. The van der Waals surface area contributed by atoms with Gasteiger partial charge in [-0.25, -0.2) is 9.97 Å². The molecular weight excluding hydrogens is 376 g/mol. The molecule has 0 bridgehead atoms. The average molecular weight is 394 g/mol. The number of aromatic nitrogens is 3. The first kappa shape index (κ1) is 17.9. The molecule has 0 saturated heterocycles. The van der Waals surface area contributed by atoms with Crippen LogP contribution < -0.4 is 5.32 Å². The Morgan fingerprint density at radius 2 is 1.67 bits per heavy atom. The summed E-state index contributed by atoms with van der Waals surface area (Å²) in [4.78, 5) is 25.0. The monoisotopic (exact) mass is 394 g/mol. The number of imidazole rings is 1. The van der Waals surface area contributed by atoms with Gasteiger partial charge in [-0.3, -0.25) is 4.79 Å². The van der Waals surface area contributed by atoms with Crippen molar-refractivity contribution in [1.29, 1.82) is 0 Å². The number of nitrogens with one attached hydrogen (secondary N) is 2. The molecule has 6 heteroatoms. The number of hydrogen-bond donors (Lipinski definition) is 2. The highest BCUT2D eigenvalue weighted by Crippen LogP contribution is 2.27. The van der Waals surface area contributed by atoms with Gasteiger partial charge < -0.3 is 14.7 Å². The minimum atomic E-state index is -0.175. The number of oxazole rings is 1. The molecule has 1 amide bonds. The van der Waals surface area contributed by atoms with Crippen LogP contribution in [0.5, 0.6) is 0 Å². The minimum absolute atomic E-state index is 0.116. The summed E-state index contributed by atoms with van der Waals surface area (Å²) in [6, 6.07) is 25.0. The van der Waals surface area contributed by atoms with Gasteiger partial charge in [0.2, 0.25) is 11.8 Å². The topological polar surface area (TPSA) is 83.8 Å². The van der Waals surface area contributed by atoms with E-state index in [0.717, 1.165) is 22.2 Å². The van der Waals surface area contributed by atoms with Crippen molar-refractivity contribution in [1.82, 2.24) is 15.0 Å². The molecular formula is C24H18N4O2. The highest BCUT2D eigenvalue weighted by atomic mass is 16.3. The number of aromatic amines is 1. The largest absolute Gasteiger partial charge is 0.444 e. The van der Waals surface area contributed by atoms with Crippen LogP contribution in [-0.4, -0.2) is 20.9 Å². The number of carbonyl (C=O) groups excluding carboxylic acids is 1. The molecule has 0 aliphatic carbocycles. The number of H-pyrrole nitrogens is 1. The van der Waals surface area contributed by atoms with Gasteiger partial charge in [0.25, 0.3) is 0 Å². The van der Waals surface area contributed by atoms with Crippen LogP contribution in [0.1, 0.15) is 5.69 Å². The van der Waals surface area contributed by atoms with Crippen LogP contribution in [0.2, 0.25) is 0 Å². The summed E-state index contributed by atoms with van der Waals surface area (Å²) in [5.41, 5.74) is 4.79. The zero-order valence-electron chi connectivity index (χ0n) is 16.0. The van der Waals surface area contributed by atoms with Crippen molar-refractivity contribution >= 4 is 22.6 Å². The second kappa shape index (κ2) is 7.67. The van der Waals surface area contributed by atoms with E-state index in [1.54, 1.807) is 0 Å². The van der Waals surface area contributed by atoms with E-state index < -0.39 is 0 Å². The van der Waals surface area contributed by atoms with Crippen LogP contribution in [0.25, 0.3) is 33.9 Å². The molecule has 5 aromatic rings. The molecule has 2 heterocycles. The van der Waals surface area contributed by atoms with E-state index in [2.05, 4.69) is 20.3 Å². The molecule has 30 heavy (non-hydrogen) atoms. The molecule has 0 radical (unpaired) electrons. The zero-order valence-corrected chi connectivity index (χ0v) is 16.0.